The summed E-state index contributed by atoms with van der Waals surface area (Å²) in [7, 11) is 3.86. The highest BCUT2D eigenvalue weighted by molar-refractivity contribution is 5.97. The summed E-state index contributed by atoms with van der Waals surface area (Å²) in [5.41, 5.74) is 2.66. The lowest BCUT2D eigenvalue weighted by molar-refractivity contribution is -0.128. The number of hydrogen-bond donors (Lipinski definition) is 2. The smallest absolute Gasteiger partial charge is 0.266 e. The Labute approximate surface area is 146 Å². The number of imidazole rings is 1. The van der Waals surface area contributed by atoms with Gasteiger partial charge in [0.2, 0.25) is 0 Å². The van der Waals surface area contributed by atoms with Crippen LogP contribution < -0.4 is 5.32 Å². The van der Waals surface area contributed by atoms with E-state index in [-0.39, 0.29) is 17.5 Å². The number of H-pyrrole nitrogens is 1. The molecule has 0 radical (unpaired) electrons. The molecule has 0 unspecified atom stereocenters. The van der Waals surface area contributed by atoms with Crippen LogP contribution in [0.3, 0.4) is 0 Å². The van der Waals surface area contributed by atoms with Crippen LogP contribution in [0.1, 0.15) is 12.8 Å². The topological polar surface area (TPSA) is 88.1 Å². The van der Waals surface area contributed by atoms with Crippen LogP contribution in [0.15, 0.2) is 36.3 Å². The number of anilines is 1. The largest absolute Gasteiger partial charge is 0.360 e. The van der Waals surface area contributed by atoms with Crippen molar-refractivity contribution in [2.45, 2.75) is 18.9 Å². The summed E-state index contributed by atoms with van der Waals surface area (Å²) in [6, 6.07) is 7.82. The maximum atomic E-state index is 12.6. The number of fused-ring (bicyclic) bond motifs is 1. The Bertz CT molecular complexity index is 825. The highest BCUT2D eigenvalue weighted by atomic mass is 16.2. The van der Waals surface area contributed by atoms with E-state index in [2.05, 4.69) is 27.2 Å². The third-order valence-electron chi connectivity index (χ3n) is 4.71. The number of likely N-dealkylation sites (tertiary alicyclic amines) is 1. The lowest BCUT2D eigenvalue weighted by Crippen LogP contribution is -2.44. The van der Waals surface area contributed by atoms with Crippen molar-refractivity contribution in [3.63, 3.8) is 0 Å². The summed E-state index contributed by atoms with van der Waals surface area (Å²) in [5.74, 6) is -0.243. The zero-order valence-electron chi connectivity index (χ0n) is 14.5. The van der Waals surface area contributed by atoms with Gasteiger partial charge in [-0.05, 0) is 51.2 Å². The van der Waals surface area contributed by atoms with E-state index in [1.807, 2.05) is 24.3 Å². The average Bonchev–Trinajstić information content (AvgIpc) is 3.10. The molecule has 7 heteroatoms. The molecule has 0 saturated carbocycles. The Morgan fingerprint density at radius 2 is 2.24 bits per heavy atom. The summed E-state index contributed by atoms with van der Waals surface area (Å²) in [5, 5.41) is 12.4. The van der Waals surface area contributed by atoms with E-state index in [1.54, 1.807) is 18.3 Å². The molecule has 1 aromatic carbocycles. The monoisotopic (exact) mass is 338 g/mol. The molecule has 2 heterocycles. The molecule has 1 aliphatic heterocycles. The van der Waals surface area contributed by atoms with Gasteiger partial charge < -0.3 is 20.1 Å². The van der Waals surface area contributed by atoms with Gasteiger partial charge in [0.15, 0.2) is 0 Å². The number of nitrogens with zero attached hydrogens (tertiary/aromatic N) is 4. The quantitative estimate of drug-likeness (QED) is 0.657. The summed E-state index contributed by atoms with van der Waals surface area (Å²) < 4.78 is 0. The van der Waals surface area contributed by atoms with Crippen LogP contribution in [0.25, 0.3) is 11.0 Å². The number of nitriles is 1. The van der Waals surface area contributed by atoms with Gasteiger partial charge in [-0.2, -0.15) is 5.26 Å². The van der Waals surface area contributed by atoms with Gasteiger partial charge >= 0.3 is 0 Å². The number of likely N-dealkylation sites (N-methyl/N-ethyl adjacent to an activating group) is 1. The standard InChI is InChI=1S/C18H22N6O/c1-23-7-5-15(6-8-23)24(2)18(25)13(10-19)11-20-14-3-4-16-17(9-14)22-12-21-16/h3-4,9,11-12,15,20H,5-8H2,1-2H3,(H,21,22)/b13-11-. The summed E-state index contributed by atoms with van der Waals surface area (Å²) in [6.45, 7) is 1.94. The summed E-state index contributed by atoms with van der Waals surface area (Å²) in [4.78, 5) is 23.8. The predicted molar refractivity (Wildman–Crippen MR) is 96.7 cm³/mol. The molecular weight excluding hydrogens is 316 g/mol. The van der Waals surface area contributed by atoms with Gasteiger partial charge in [-0.3, -0.25) is 4.79 Å². The van der Waals surface area contributed by atoms with E-state index < -0.39 is 0 Å². The number of benzene rings is 1. The Morgan fingerprint density at radius 1 is 1.48 bits per heavy atom. The molecule has 1 saturated heterocycles. The predicted octanol–water partition coefficient (Wildman–Crippen LogP) is 1.93. The first kappa shape index (κ1) is 17.0. The minimum atomic E-state index is -0.243. The zero-order valence-corrected chi connectivity index (χ0v) is 14.5. The SMILES string of the molecule is CN1CCC(N(C)C(=O)/C(C#N)=C\Nc2ccc3nc[nH]c3c2)CC1. The van der Waals surface area contributed by atoms with Gasteiger partial charge in [0.05, 0.1) is 17.4 Å². The normalized spacial score (nSPS) is 16.6. The Hall–Kier alpha value is -2.85. The van der Waals surface area contributed by atoms with E-state index >= 15 is 0 Å². The number of hydrogen-bond acceptors (Lipinski definition) is 5. The van der Waals surface area contributed by atoms with Gasteiger partial charge in [-0.25, -0.2) is 4.98 Å². The van der Waals surface area contributed by atoms with Crippen molar-refractivity contribution in [2.75, 3.05) is 32.5 Å². The minimum Gasteiger partial charge on any atom is -0.360 e. The number of carbonyl (C=O) groups is 1. The van der Waals surface area contributed by atoms with Gasteiger partial charge in [0, 0.05) is 25.0 Å². The van der Waals surface area contributed by atoms with E-state index in [0.717, 1.165) is 42.7 Å². The highest BCUT2D eigenvalue weighted by Gasteiger charge is 2.25. The van der Waals surface area contributed by atoms with Gasteiger partial charge in [0.1, 0.15) is 11.6 Å². The zero-order chi connectivity index (χ0) is 17.8. The molecule has 3 rings (SSSR count). The van der Waals surface area contributed by atoms with Crippen LogP contribution >= 0.6 is 0 Å². The van der Waals surface area contributed by atoms with E-state index in [4.69, 9.17) is 0 Å². The number of rotatable bonds is 4. The fourth-order valence-corrected chi connectivity index (χ4v) is 3.06. The molecule has 7 nitrogen and oxygen atoms in total. The van der Waals surface area contributed by atoms with Crippen molar-refractivity contribution in [3.05, 3.63) is 36.3 Å². The van der Waals surface area contributed by atoms with Crippen molar-refractivity contribution < 1.29 is 4.79 Å². The van der Waals surface area contributed by atoms with E-state index in [1.165, 1.54) is 6.20 Å². The van der Waals surface area contributed by atoms with Gasteiger partial charge in [0.25, 0.3) is 5.91 Å². The number of aromatic nitrogens is 2. The molecule has 1 aromatic heterocycles. The molecule has 1 fully saturated rings. The first-order valence-corrected chi connectivity index (χ1v) is 8.34. The molecule has 2 N–H and O–H groups in total. The Kier molecular flexibility index (Phi) is 5.00. The van der Waals surface area contributed by atoms with Gasteiger partial charge in [-0.1, -0.05) is 0 Å². The molecule has 0 aliphatic carbocycles. The van der Waals surface area contributed by atoms with Crippen molar-refractivity contribution in [2.24, 2.45) is 0 Å². The van der Waals surface area contributed by atoms with Crippen molar-refractivity contribution in [1.82, 2.24) is 19.8 Å². The van der Waals surface area contributed by atoms with E-state index in [9.17, 15) is 10.1 Å². The second-order valence-electron chi connectivity index (χ2n) is 6.40. The molecule has 25 heavy (non-hydrogen) atoms. The maximum Gasteiger partial charge on any atom is 0.266 e. The third kappa shape index (κ3) is 3.80. The minimum absolute atomic E-state index is 0.103. The van der Waals surface area contributed by atoms with Crippen LogP contribution in [-0.4, -0.2) is 58.9 Å². The molecule has 1 aliphatic rings. The molecule has 0 bridgehead atoms. The second-order valence-corrected chi connectivity index (χ2v) is 6.40. The van der Waals surface area contributed by atoms with Crippen molar-refractivity contribution in [3.8, 4) is 6.07 Å². The molecule has 2 aromatic rings. The van der Waals surface area contributed by atoms with Crippen molar-refractivity contribution >= 4 is 22.6 Å². The highest BCUT2D eigenvalue weighted by Crippen LogP contribution is 2.18. The Morgan fingerprint density at radius 3 is 2.96 bits per heavy atom. The number of nitrogens with one attached hydrogen (secondary N) is 2. The van der Waals surface area contributed by atoms with Crippen LogP contribution in [0, 0.1) is 11.3 Å². The van der Waals surface area contributed by atoms with E-state index in [0.29, 0.717) is 0 Å². The molecule has 0 atom stereocenters. The fourth-order valence-electron chi connectivity index (χ4n) is 3.06. The lowest BCUT2D eigenvalue weighted by Gasteiger charge is -2.34. The maximum absolute atomic E-state index is 12.6. The Balaban J connectivity index is 1.68. The van der Waals surface area contributed by atoms with Crippen LogP contribution in [0.4, 0.5) is 5.69 Å². The number of carbonyl (C=O) groups excluding carboxylic acids is 1. The van der Waals surface area contributed by atoms with Crippen LogP contribution in [0.5, 0.6) is 0 Å². The second kappa shape index (κ2) is 7.36. The van der Waals surface area contributed by atoms with Crippen molar-refractivity contribution in [1.29, 1.82) is 5.26 Å². The van der Waals surface area contributed by atoms with Crippen LogP contribution in [0.2, 0.25) is 0 Å². The number of piperidine rings is 1. The first-order chi connectivity index (χ1) is 12.1. The molecule has 1 amide bonds. The van der Waals surface area contributed by atoms with Gasteiger partial charge in [-0.15, -0.1) is 0 Å². The summed E-state index contributed by atoms with van der Waals surface area (Å²) in [6.07, 6.45) is 4.97. The van der Waals surface area contributed by atoms with Crippen LogP contribution in [-0.2, 0) is 4.79 Å². The molecule has 130 valence electrons. The number of amides is 1. The molecule has 0 spiro atoms. The first-order valence-electron chi connectivity index (χ1n) is 8.34. The summed E-state index contributed by atoms with van der Waals surface area (Å²) >= 11 is 0. The molecular formula is C18H22N6O. The fraction of sp³-hybridized carbons (Fsp3) is 0.389. The average molecular weight is 338 g/mol. The third-order valence-corrected chi connectivity index (χ3v) is 4.71. The lowest BCUT2D eigenvalue weighted by atomic mass is 10.0. The number of aromatic amines is 1.